The van der Waals surface area contributed by atoms with Gasteiger partial charge in [-0.1, -0.05) is 6.08 Å². The summed E-state index contributed by atoms with van der Waals surface area (Å²) in [5.41, 5.74) is 5.47. The molecular weight excluding hydrogens is 301 g/mol. The van der Waals surface area contributed by atoms with Gasteiger partial charge in [0.25, 0.3) is 0 Å². The summed E-state index contributed by atoms with van der Waals surface area (Å²) in [7, 11) is -4.48. The molecule has 0 fully saturated rings. The van der Waals surface area contributed by atoms with Gasteiger partial charge >= 0.3 is 13.3 Å². The zero-order valence-electron chi connectivity index (χ0n) is 11.2. The summed E-state index contributed by atoms with van der Waals surface area (Å²) in [6.45, 7) is 1.15. The Bertz CT molecular complexity index is 666. The van der Waals surface area contributed by atoms with Gasteiger partial charge in [0.2, 0.25) is 0 Å². The zero-order valence-corrected chi connectivity index (χ0v) is 12.1. The first-order chi connectivity index (χ1) is 9.74. The van der Waals surface area contributed by atoms with Gasteiger partial charge in [0.15, 0.2) is 5.85 Å². The lowest BCUT2D eigenvalue weighted by molar-refractivity contribution is -0.0266. The molecule has 10 heteroatoms. The average molecular weight is 317 g/mol. The number of hydrogen-bond acceptors (Lipinski definition) is 6. The Balaban J connectivity index is 2.42. The van der Waals surface area contributed by atoms with E-state index < -0.39 is 37.9 Å². The van der Waals surface area contributed by atoms with Crippen molar-refractivity contribution in [2.45, 2.75) is 24.9 Å². The summed E-state index contributed by atoms with van der Waals surface area (Å²) >= 11 is 0. The quantitative estimate of drug-likeness (QED) is 0.415. The predicted molar refractivity (Wildman–Crippen MR) is 73.6 cm³/mol. The van der Waals surface area contributed by atoms with Crippen LogP contribution in [0.5, 0.6) is 0 Å². The smallest absolute Gasteiger partial charge is 0.357 e. The molecule has 1 aromatic heterocycles. The van der Waals surface area contributed by atoms with E-state index in [1.165, 1.54) is 22.9 Å². The Kier molecular flexibility index (Phi) is 4.31. The molecule has 0 saturated heterocycles. The van der Waals surface area contributed by atoms with Crippen LogP contribution >= 0.6 is 7.60 Å². The van der Waals surface area contributed by atoms with Crippen LogP contribution < -0.4 is 11.4 Å². The molecule has 0 amide bonds. The molecule has 2 heterocycles. The number of nitrogens with zero attached hydrogens (tertiary/aromatic N) is 2. The van der Waals surface area contributed by atoms with Crippen LogP contribution in [0.1, 0.15) is 11.6 Å². The molecule has 0 radical (unpaired) electrons. The fourth-order valence-electron chi connectivity index (χ4n) is 2.04. The summed E-state index contributed by atoms with van der Waals surface area (Å²) in [4.78, 5) is 33.7. The van der Waals surface area contributed by atoms with Crippen LogP contribution in [-0.2, 0) is 9.30 Å². The second kappa shape index (κ2) is 5.70. The fourth-order valence-corrected chi connectivity index (χ4v) is 2.68. The Hall–Kier alpha value is -1.51. The maximum Gasteiger partial charge on any atom is 0.357 e. The SMILES string of the molecule is Cc1cn([C@@H]2C=C[C@@H](P(=O)(O)O)O[C@@H]2CO)c(=O)nc1N. The van der Waals surface area contributed by atoms with Crippen molar-refractivity contribution >= 4 is 13.4 Å². The molecule has 9 nitrogen and oxygen atoms in total. The van der Waals surface area contributed by atoms with E-state index in [-0.39, 0.29) is 5.82 Å². The van der Waals surface area contributed by atoms with Crippen LogP contribution in [-0.4, -0.2) is 43.0 Å². The van der Waals surface area contributed by atoms with Crippen molar-refractivity contribution in [1.82, 2.24) is 9.55 Å². The predicted octanol–water partition coefficient (Wildman–Crippen LogP) is -0.874. The second-order valence-electron chi connectivity index (χ2n) is 4.71. The average Bonchev–Trinajstić information content (AvgIpc) is 2.41. The first-order valence-electron chi connectivity index (χ1n) is 6.09. The Morgan fingerprint density at radius 2 is 2.14 bits per heavy atom. The molecule has 0 unspecified atom stereocenters. The lowest BCUT2D eigenvalue weighted by Crippen LogP contribution is -2.40. The van der Waals surface area contributed by atoms with Crippen LogP contribution in [0.3, 0.4) is 0 Å². The van der Waals surface area contributed by atoms with Gasteiger partial charge < -0.3 is 25.4 Å². The number of rotatable bonds is 3. The van der Waals surface area contributed by atoms with Gasteiger partial charge in [-0.15, -0.1) is 0 Å². The normalized spacial score (nSPS) is 26.0. The summed E-state index contributed by atoms with van der Waals surface area (Å²) in [6.07, 6.45) is 3.07. The van der Waals surface area contributed by atoms with Crippen LogP contribution in [0.4, 0.5) is 5.82 Å². The third-order valence-corrected chi connectivity index (χ3v) is 4.13. The van der Waals surface area contributed by atoms with E-state index in [2.05, 4.69) is 4.98 Å². The summed E-state index contributed by atoms with van der Waals surface area (Å²) < 4.78 is 17.6. The third-order valence-electron chi connectivity index (χ3n) is 3.17. The molecule has 0 saturated carbocycles. The number of ether oxygens (including phenoxy) is 1. The van der Waals surface area contributed by atoms with Crippen molar-refractivity contribution in [3.8, 4) is 0 Å². The Labute approximate surface area is 119 Å². The number of nitrogen functional groups attached to an aromatic ring is 1. The number of aliphatic hydroxyl groups excluding tert-OH is 1. The maximum absolute atomic E-state index is 11.9. The van der Waals surface area contributed by atoms with Gasteiger partial charge in [0.1, 0.15) is 11.9 Å². The lowest BCUT2D eigenvalue weighted by atomic mass is 10.1. The molecule has 0 aliphatic carbocycles. The molecule has 0 bridgehead atoms. The topological polar surface area (TPSA) is 148 Å². The number of aryl methyl sites for hydroxylation is 1. The largest absolute Gasteiger partial charge is 0.394 e. The highest BCUT2D eigenvalue weighted by atomic mass is 31.2. The van der Waals surface area contributed by atoms with E-state index in [1.54, 1.807) is 6.92 Å². The molecule has 1 aliphatic heterocycles. The summed E-state index contributed by atoms with van der Waals surface area (Å²) in [5, 5.41) is 9.35. The van der Waals surface area contributed by atoms with Crippen molar-refractivity contribution in [2.75, 3.05) is 12.3 Å². The zero-order chi connectivity index (χ0) is 15.8. The molecule has 5 N–H and O–H groups in total. The number of nitrogens with two attached hydrogens (primary N) is 1. The lowest BCUT2D eigenvalue weighted by Gasteiger charge is -2.32. The summed E-state index contributed by atoms with van der Waals surface area (Å²) in [5.74, 6) is -1.34. The number of aromatic nitrogens is 2. The van der Waals surface area contributed by atoms with E-state index in [0.717, 1.165) is 0 Å². The minimum absolute atomic E-state index is 0.102. The molecule has 21 heavy (non-hydrogen) atoms. The van der Waals surface area contributed by atoms with Gasteiger partial charge in [-0.05, 0) is 13.0 Å². The van der Waals surface area contributed by atoms with Crippen molar-refractivity contribution in [1.29, 1.82) is 0 Å². The Morgan fingerprint density at radius 1 is 1.48 bits per heavy atom. The molecule has 1 aromatic rings. The van der Waals surface area contributed by atoms with Crippen molar-refractivity contribution < 1.29 is 24.2 Å². The van der Waals surface area contributed by atoms with E-state index in [0.29, 0.717) is 5.56 Å². The highest BCUT2D eigenvalue weighted by Crippen LogP contribution is 2.45. The molecule has 0 aromatic carbocycles. The third kappa shape index (κ3) is 3.22. The van der Waals surface area contributed by atoms with Crippen molar-refractivity contribution in [3.05, 3.63) is 34.4 Å². The number of aliphatic hydroxyl groups is 1. The minimum atomic E-state index is -4.48. The number of hydrogen-bond donors (Lipinski definition) is 4. The first-order valence-corrected chi connectivity index (χ1v) is 7.77. The van der Waals surface area contributed by atoms with E-state index in [4.69, 9.17) is 20.3 Å². The molecule has 1 aliphatic rings. The highest BCUT2D eigenvalue weighted by molar-refractivity contribution is 7.52. The van der Waals surface area contributed by atoms with E-state index in [9.17, 15) is 14.5 Å². The minimum Gasteiger partial charge on any atom is -0.394 e. The molecule has 2 rings (SSSR count). The summed E-state index contributed by atoms with van der Waals surface area (Å²) in [6, 6.07) is -0.725. The van der Waals surface area contributed by atoms with Gasteiger partial charge in [-0.2, -0.15) is 4.98 Å². The Morgan fingerprint density at radius 3 is 2.71 bits per heavy atom. The fraction of sp³-hybridized carbons (Fsp3) is 0.455. The molecular formula is C11H16N3O6P. The van der Waals surface area contributed by atoms with Gasteiger partial charge in [-0.25, -0.2) is 4.79 Å². The van der Waals surface area contributed by atoms with Gasteiger partial charge in [0, 0.05) is 11.8 Å². The van der Waals surface area contributed by atoms with E-state index >= 15 is 0 Å². The first kappa shape index (κ1) is 15.9. The van der Waals surface area contributed by atoms with Crippen molar-refractivity contribution in [2.24, 2.45) is 0 Å². The van der Waals surface area contributed by atoms with Crippen LogP contribution in [0.15, 0.2) is 23.1 Å². The standard InChI is InChI=1S/C11H16N3O6P/c1-6-4-14(11(16)13-10(6)12)7-2-3-9(21(17,18)19)20-8(7)5-15/h2-4,7-9,15H,5H2,1H3,(H2,12,13,16)(H2,17,18,19)/t7-,8-,9-/m1/s1. The van der Waals surface area contributed by atoms with Crippen molar-refractivity contribution in [3.63, 3.8) is 0 Å². The van der Waals surface area contributed by atoms with Crippen LogP contribution in [0, 0.1) is 6.92 Å². The van der Waals surface area contributed by atoms with Gasteiger partial charge in [0.05, 0.1) is 12.6 Å². The second-order valence-corrected chi connectivity index (χ2v) is 6.40. The molecule has 116 valence electrons. The van der Waals surface area contributed by atoms with Gasteiger partial charge in [-0.3, -0.25) is 9.13 Å². The molecule has 3 atom stereocenters. The highest BCUT2D eigenvalue weighted by Gasteiger charge is 2.37. The van der Waals surface area contributed by atoms with E-state index in [1.807, 2.05) is 0 Å². The number of anilines is 1. The van der Waals surface area contributed by atoms with Crippen LogP contribution in [0.25, 0.3) is 0 Å². The molecule has 0 spiro atoms. The maximum atomic E-state index is 11.9. The van der Waals surface area contributed by atoms with Crippen LogP contribution in [0.2, 0.25) is 0 Å². The monoisotopic (exact) mass is 317 g/mol.